The van der Waals surface area contributed by atoms with Crippen molar-refractivity contribution in [2.75, 3.05) is 13.1 Å². The number of fused-ring (bicyclic) bond motifs is 1. The third-order valence-corrected chi connectivity index (χ3v) is 2.92. The first kappa shape index (κ1) is 10.7. The molecule has 0 aliphatic carbocycles. The van der Waals surface area contributed by atoms with Gasteiger partial charge in [-0.3, -0.25) is 0 Å². The minimum absolute atomic E-state index is 0.259. The quantitative estimate of drug-likeness (QED) is 0.669. The summed E-state index contributed by atoms with van der Waals surface area (Å²) < 4.78 is 6.91. The molecule has 1 unspecified atom stereocenters. The molecule has 1 aliphatic rings. The lowest BCUT2D eigenvalue weighted by Gasteiger charge is -2.10. The highest BCUT2D eigenvalue weighted by atomic mass is 79.9. The summed E-state index contributed by atoms with van der Waals surface area (Å²) in [5.74, 6) is 1.02. The van der Waals surface area contributed by atoms with Crippen molar-refractivity contribution in [1.29, 1.82) is 0 Å². The molecule has 1 aromatic rings. The third-order valence-electron chi connectivity index (χ3n) is 2.42. The maximum absolute atomic E-state index is 5.79. The number of hydrogen-bond donors (Lipinski definition) is 1. The predicted molar refractivity (Wildman–Crippen MR) is 65.3 cm³/mol. The van der Waals surface area contributed by atoms with Gasteiger partial charge in [-0.15, -0.1) is 6.58 Å². The number of rotatable bonds is 4. The van der Waals surface area contributed by atoms with Gasteiger partial charge in [0.15, 0.2) is 0 Å². The van der Waals surface area contributed by atoms with Crippen LogP contribution in [-0.4, -0.2) is 19.2 Å². The van der Waals surface area contributed by atoms with Crippen molar-refractivity contribution in [2.24, 2.45) is 0 Å². The molecule has 80 valence electrons. The Morgan fingerprint density at radius 1 is 1.60 bits per heavy atom. The highest BCUT2D eigenvalue weighted by molar-refractivity contribution is 9.10. The van der Waals surface area contributed by atoms with Crippen LogP contribution < -0.4 is 10.1 Å². The van der Waals surface area contributed by atoms with E-state index in [2.05, 4.69) is 33.9 Å². The van der Waals surface area contributed by atoms with Crippen LogP contribution in [0, 0.1) is 0 Å². The Bertz CT molecular complexity index is 365. The molecule has 2 nitrogen and oxygen atoms in total. The molecule has 15 heavy (non-hydrogen) atoms. The molecular weight excluding hydrogens is 254 g/mol. The average molecular weight is 268 g/mol. The predicted octanol–water partition coefficient (Wildman–Crippen LogP) is 2.53. The van der Waals surface area contributed by atoms with Gasteiger partial charge in [-0.1, -0.05) is 22.0 Å². The number of nitrogens with one attached hydrogen (secondary N) is 1. The van der Waals surface area contributed by atoms with Crippen molar-refractivity contribution in [2.45, 2.75) is 12.5 Å². The van der Waals surface area contributed by atoms with Gasteiger partial charge in [0, 0.05) is 24.0 Å². The molecule has 1 aliphatic heterocycles. The van der Waals surface area contributed by atoms with Crippen molar-refractivity contribution in [3.63, 3.8) is 0 Å². The van der Waals surface area contributed by atoms with Crippen molar-refractivity contribution in [3.8, 4) is 5.75 Å². The van der Waals surface area contributed by atoms with E-state index in [1.165, 1.54) is 5.56 Å². The lowest BCUT2D eigenvalue weighted by atomic mass is 10.1. The second-order valence-corrected chi connectivity index (χ2v) is 4.56. The van der Waals surface area contributed by atoms with Gasteiger partial charge in [0.25, 0.3) is 0 Å². The Hall–Kier alpha value is -0.800. The average Bonchev–Trinajstić information content (AvgIpc) is 2.60. The first-order valence-electron chi connectivity index (χ1n) is 5.06. The van der Waals surface area contributed by atoms with E-state index in [1.807, 2.05) is 18.2 Å². The maximum atomic E-state index is 5.79. The Kier molecular flexibility index (Phi) is 3.44. The Labute approximate surface area is 98.5 Å². The molecule has 1 aromatic carbocycles. The summed E-state index contributed by atoms with van der Waals surface area (Å²) in [5, 5.41) is 3.27. The molecule has 3 heteroatoms. The molecule has 0 fully saturated rings. The molecule has 2 rings (SSSR count). The lowest BCUT2D eigenvalue weighted by molar-refractivity contribution is 0.229. The van der Waals surface area contributed by atoms with E-state index in [1.54, 1.807) is 0 Å². The highest BCUT2D eigenvalue weighted by Crippen LogP contribution is 2.30. The molecule has 0 saturated carbocycles. The zero-order valence-electron chi connectivity index (χ0n) is 8.50. The fourth-order valence-corrected chi connectivity index (χ4v) is 2.16. The van der Waals surface area contributed by atoms with Crippen molar-refractivity contribution in [3.05, 3.63) is 40.9 Å². The van der Waals surface area contributed by atoms with Crippen LogP contribution in [0.2, 0.25) is 0 Å². The Morgan fingerprint density at radius 2 is 2.47 bits per heavy atom. The van der Waals surface area contributed by atoms with Crippen LogP contribution in [-0.2, 0) is 6.42 Å². The molecule has 1 atom stereocenters. The second-order valence-electron chi connectivity index (χ2n) is 3.64. The first-order valence-corrected chi connectivity index (χ1v) is 5.85. The molecule has 0 spiro atoms. The number of halogens is 1. The van der Waals surface area contributed by atoms with Gasteiger partial charge >= 0.3 is 0 Å². The van der Waals surface area contributed by atoms with Crippen LogP contribution in [0.4, 0.5) is 0 Å². The molecule has 0 saturated heterocycles. The maximum Gasteiger partial charge on any atom is 0.123 e. The van der Waals surface area contributed by atoms with Gasteiger partial charge in [-0.25, -0.2) is 0 Å². The molecular formula is C12H14BrNO. The highest BCUT2D eigenvalue weighted by Gasteiger charge is 2.22. The number of hydrogen-bond acceptors (Lipinski definition) is 2. The summed E-state index contributed by atoms with van der Waals surface area (Å²) in [6, 6.07) is 6.16. The van der Waals surface area contributed by atoms with Crippen molar-refractivity contribution < 1.29 is 4.74 Å². The van der Waals surface area contributed by atoms with Crippen LogP contribution in [0.15, 0.2) is 35.3 Å². The van der Waals surface area contributed by atoms with E-state index >= 15 is 0 Å². The SMILES string of the molecule is C=CCNCC1Cc2cc(Br)ccc2O1. The summed E-state index contributed by atoms with van der Waals surface area (Å²) in [5.41, 5.74) is 1.29. The van der Waals surface area contributed by atoms with E-state index in [4.69, 9.17) is 4.74 Å². The normalized spacial score (nSPS) is 18.3. The Morgan fingerprint density at radius 3 is 3.27 bits per heavy atom. The zero-order chi connectivity index (χ0) is 10.7. The van der Waals surface area contributed by atoms with E-state index in [-0.39, 0.29) is 6.10 Å². The smallest absolute Gasteiger partial charge is 0.123 e. The number of benzene rings is 1. The summed E-state index contributed by atoms with van der Waals surface area (Å²) >= 11 is 3.46. The van der Waals surface area contributed by atoms with Gasteiger partial charge in [0.1, 0.15) is 11.9 Å². The van der Waals surface area contributed by atoms with Crippen LogP contribution >= 0.6 is 15.9 Å². The van der Waals surface area contributed by atoms with E-state index in [0.717, 1.165) is 29.7 Å². The molecule has 0 radical (unpaired) electrons. The van der Waals surface area contributed by atoms with Gasteiger partial charge in [0.05, 0.1) is 0 Å². The molecule has 0 amide bonds. The minimum Gasteiger partial charge on any atom is -0.488 e. The molecule has 1 N–H and O–H groups in total. The van der Waals surface area contributed by atoms with Crippen LogP contribution in [0.1, 0.15) is 5.56 Å². The van der Waals surface area contributed by atoms with E-state index < -0.39 is 0 Å². The topological polar surface area (TPSA) is 21.3 Å². The van der Waals surface area contributed by atoms with Gasteiger partial charge in [0.2, 0.25) is 0 Å². The van der Waals surface area contributed by atoms with Crippen LogP contribution in [0.25, 0.3) is 0 Å². The summed E-state index contributed by atoms with van der Waals surface area (Å²) in [4.78, 5) is 0. The molecule has 0 bridgehead atoms. The summed E-state index contributed by atoms with van der Waals surface area (Å²) in [7, 11) is 0. The minimum atomic E-state index is 0.259. The van der Waals surface area contributed by atoms with Gasteiger partial charge in [-0.05, 0) is 23.8 Å². The monoisotopic (exact) mass is 267 g/mol. The Balaban J connectivity index is 1.94. The fraction of sp³-hybridized carbons (Fsp3) is 0.333. The van der Waals surface area contributed by atoms with E-state index in [9.17, 15) is 0 Å². The second kappa shape index (κ2) is 4.81. The fourth-order valence-electron chi connectivity index (χ4n) is 1.75. The molecule has 1 heterocycles. The first-order chi connectivity index (χ1) is 7.29. The van der Waals surface area contributed by atoms with Gasteiger partial charge < -0.3 is 10.1 Å². The van der Waals surface area contributed by atoms with Gasteiger partial charge in [-0.2, -0.15) is 0 Å². The van der Waals surface area contributed by atoms with Crippen molar-refractivity contribution in [1.82, 2.24) is 5.32 Å². The van der Waals surface area contributed by atoms with E-state index in [0.29, 0.717) is 0 Å². The summed E-state index contributed by atoms with van der Waals surface area (Å²) in [6.45, 7) is 5.37. The largest absolute Gasteiger partial charge is 0.488 e. The molecule has 0 aromatic heterocycles. The van der Waals surface area contributed by atoms with Crippen LogP contribution in [0.5, 0.6) is 5.75 Å². The standard InChI is InChI=1S/C12H14BrNO/c1-2-5-14-8-11-7-9-6-10(13)3-4-12(9)15-11/h2-4,6,11,14H,1,5,7-8H2. The third kappa shape index (κ3) is 2.61. The van der Waals surface area contributed by atoms with Crippen molar-refractivity contribution >= 4 is 15.9 Å². The van der Waals surface area contributed by atoms with Crippen LogP contribution in [0.3, 0.4) is 0 Å². The lowest BCUT2D eigenvalue weighted by Crippen LogP contribution is -2.30. The summed E-state index contributed by atoms with van der Waals surface area (Å²) in [6.07, 6.45) is 3.10. The zero-order valence-corrected chi connectivity index (χ0v) is 10.1. The number of ether oxygens (including phenoxy) is 1.